The van der Waals surface area contributed by atoms with Gasteiger partial charge in [0.15, 0.2) is 0 Å². The Morgan fingerprint density at radius 1 is 1.17 bits per heavy atom. The summed E-state index contributed by atoms with van der Waals surface area (Å²) in [4.78, 5) is 26.9. The van der Waals surface area contributed by atoms with Crippen LogP contribution in [0.2, 0.25) is 5.02 Å². The molecule has 1 saturated heterocycles. The monoisotopic (exact) mass is 422 g/mol. The second-order valence-electron chi connectivity index (χ2n) is 7.87. The number of amides is 2. The van der Waals surface area contributed by atoms with E-state index < -0.39 is 0 Å². The van der Waals surface area contributed by atoms with Crippen molar-refractivity contribution in [1.82, 2.24) is 4.90 Å². The second kappa shape index (κ2) is 8.41. The molecule has 2 aliphatic rings. The third-order valence-corrected chi connectivity index (χ3v) is 6.35. The van der Waals surface area contributed by atoms with Gasteiger partial charge in [-0.1, -0.05) is 35.7 Å². The number of carbonyl (C=O) groups excluding carboxylic acids is 2. The average molecular weight is 423 g/mol. The summed E-state index contributed by atoms with van der Waals surface area (Å²) in [6, 6.07) is 14.7. The highest BCUT2D eigenvalue weighted by atomic mass is 35.5. The van der Waals surface area contributed by atoms with E-state index in [1.807, 2.05) is 30.3 Å². The topological polar surface area (TPSA) is 58.6 Å². The van der Waals surface area contributed by atoms with Gasteiger partial charge in [0.05, 0.1) is 12.1 Å². The van der Waals surface area contributed by atoms with Gasteiger partial charge in [0.25, 0.3) is 5.91 Å². The first-order chi connectivity index (χ1) is 14.5. The molecular formula is C24H23ClN2O3. The van der Waals surface area contributed by atoms with E-state index >= 15 is 0 Å². The number of nitrogens with one attached hydrogen (secondary N) is 1. The van der Waals surface area contributed by atoms with Crippen LogP contribution in [0.25, 0.3) is 0 Å². The first-order valence-corrected chi connectivity index (χ1v) is 10.4. The van der Waals surface area contributed by atoms with E-state index in [0.717, 1.165) is 24.8 Å². The molecule has 0 aromatic heterocycles. The molecule has 1 spiro atoms. The van der Waals surface area contributed by atoms with Crippen LogP contribution in [-0.2, 0) is 9.59 Å². The molecule has 2 aromatic carbocycles. The first kappa shape index (κ1) is 20.3. The van der Waals surface area contributed by atoms with Crippen LogP contribution in [0.1, 0.15) is 24.8 Å². The smallest absolute Gasteiger partial charge is 0.298 e. The minimum Gasteiger partial charge on any atom is -0.495 e. The molecule has 2 fully saturated rings. The summed E-state index contributed by atoms with van der Waals surface area (Å²) in [6.07, 6.45) is 2.51. The van der Waals surface area contributed by atoms with Crippen LogP contribution >= 0.6 is 11.6 Å². The zero-order valence-electron chi connectivity index (χ0n) is 16.8. The minimum absolute atomic E-state index is 0.00396. The van der Waals surface area contributed by atoms with Crippen LogP contribution < -0.4 is 10.1 Å². The lowest BCUT2D eigenvalue weighted by Gasteiger charge is -2.31. The maximum Gasteiger partial charge on any atom is 0.298 e. The Kier molecular flexibility index (Phi) is 5.69. The largest absolute Gasteiger partial charge is 0.495 e. The van der Waals surface area contributed by atoms with Gasteiger partial charge in [0.2, 0.25) is 5.91 Å². The van der Waals surface area contributed by atoms with E-state index in [1.54, 1.807) is 30.2 Å². The van der Waals surface area contributed by atoms with Crippen molar-refractivity contribution < 1.29 is 14.3 Å². The number of piperidine rings is 1. The second-order valence-corrected chi connectivity index (χ2v) is 8.27. The standard InChI is InChI=1S/C24H23ClN2O3/c1-30-21-9-8-18(15-20(21)25)26-23(29)19-16-24(19)11-13-27(14-12-24)22(28)10-7-17-5-3-2-4-6-17/h2-6,8-9,15,19H,11-14,16H2,1H3,(H,26,29)/t19-/m0/s1. The summed E-state index contributed by atoms with van der Waals surface area (Å²) < 4.78 is 5.14. The summed E-state index contributed by atoms with van der Waals surface area (Å²) in [5.41, 5.74) is 1.50. The first-order valence-electron chi connectivity index (χ1n) is 10.0. The van der Waals surface area contributed by atoms with Crippen LogP contribution in [0.3, 0.4) is 0 Å². The predicted octanol–water partition coefficient (Wildman–Crippen LogP) is 3.97. The molecule has 1 aliphatic carbocycles. The third kappa shape index (κ3) is 4.29. The van der Waals surface area contributed by atoms with Crippen LogP contribution in [0.15, 0.2) is 48.5 Å². The van der Waals surface area contributed by atoms with Crippen LogP contribution in [-0.4, -0.2) is 36.9 Å². The van der Waals surface area contributed by atoms with E-state index in [-0.39, 0.29) is 23.1 Å². The van der Waals surface area contributed by atoms with E-state index in [9.17, 15) is 9.59 Å². The fraction of sp³-hybridized carbons (Fsp3) is 0.333. The quantitative estimate of drug-likeness (QED) is 0.761. The van der Waals surface area contributed by atoms with Crippen molar-refractivity contribution >= 4 is 29.1 Å². The normalized spacial score (nSPS) is 18.9. The average Bonchev–Trinajstić information content (AvgIpc) is 3.47. The number of benzene rings is 2. The van der Waals surface area contributed by atoms with E-state index in [4.69, 9.17) is 16.3 Å². The van der Waals surface area contributed by atoms with Gasteiger partial charge in [-0.15, -0.1) is 0 Å². The number of methoxy groups -OCH3 is 1. The maximum atomic E-state index is 12.7. The maximum absolute atomic E-state index is 12.7. The summed E-state index contributed by atoms with van der Waals surface area (Å²) >= 11 is 6.14. The van der Waals surface area contributed by atoms with Crippen molar-refractivity contribution in [3.8, 4) is 17.6 Å². The fourth-order valence-electron chi connectivity index (χ4n) is 4.13. The highest BCUT2D eigenvalue weighted by Gasteiger charge is 2.58. The molecule has 1 saturated carbocycles. The predicted molar refractivity (Wildman–Crippen MR) is 116 cm³/mol. The zero-order chi connectivity index (χ0) is 21.1. The highest BCUT2D eigenvalue weighted by molar-refractivity contribution is 6.32. The molecule has 1 N–H and O–H groups in total. The molecule has 1 aliphatic heterocycles. The van der Waals surface area contributed by atoms with Crippen LogP contribution in [0.4, 0.5) is 5.69 Å². The molecule has 0 bridgehead atoms. The lowest BCUT2D eigenvalue weighted by Crippen LogP contribution is -2.39. The Hall–Kier alpha value is -2.97. The van der Waals surface area contributed by atoms with E-state index in [2.05, 4.69) is 17.2 Å². The van der Waals surface area contributed by atoms with Crippen molar-refractivity contribution in [2.45, 2.75) is 19.3 Å². The molecule has 0 radical (unpaired) electrons. The molecule has 5 nitrogen and oxygen atoms in total. The number of anilines is 1. The highest BCUT2D eigenvalue weighted by Crippen LogP contribution is 2.59. The lowest BCUT2D eigenvalue weighted by molar-refractivity contribution is -0.126. The van der Waals surface area contributed by atoms with Gasteiger partial charge in [0, 0.05) is 36.2 Å². The van der Waals surface area contributed by atoms with Gasteiger partial charge in [-0.2, -0.15) is 0 Å². The third-order valence-electron chi connectivity index (χ3n) is 6.06. The number of carbonyl (C=O) groups is 2. The summed E-state index contributed by atoms with van der Waals surface area (Å²) in [6.45, 7) is 1.28. The van der Waals surface area contributed by atoms with Gasteiger partial charge in [-0.05, 0) is 55.0 Å². The SMILES string of the molecule is COc1ccc(NC(=O)[C@@H]2CC23CCN(C(=O)C#Cc2ccccc2)CC3)cc1Cl. The molecule has 1 heterocycles. The number of hydrogen-bond donors (Lipinski definition) is 1. The van der Waals surface area contributed by atoms with Crippen LogP contribution in [0.5, 0.6) is 5.75 Å². The van der Waals surface area contributed by atoms with Crippen molar-refractivity contribution in [2.75, 3.05) is 25.5 Å². The number of hydrogen-bond acceptors (Lipinski definition) is 3. The summed E-state index contributed by atoms with van der Waals surface area (Å²) in [7, 11) is 1.55. The van der Waals surface area contributed by atoms with Crippen molar-refractivity contribution in [1.29, 1.82) is 0 Å². The van der Waals surface area contributed by atoms with E-state index in [0.29, 0.717) is 29.5 Å². The molecule has 0 unspecified atom stereocenters. The molecule has 2 aromatic rings. The number of ether oxygens (including phenoxy) is 1. The van der Waals surface area contributed by atoms with Crippen LogP contribution in [0, 0.1) is 23.2 Å². The molecule has 2 amide bonds. The molecular weight excluding hydrogens is 400 g/mol. The van der Waals surface area contributed by atoms with Gasteiger partial charge in [-0.3, -0.25) is 9.59 Å². The molecule has 154 valence electrons. The Morgan fingerprint density at radius 2 is 1.90 bits per heavy atom. The summed E-state index contributed by atoms with van der Waals surface area (Å²) in [5, 5.41) is 3.42. The van der Waals surface area contributed by atoms with Gasteiger partial charge >= 0.3 is 0 Å². The fourth-order valence-corrected chi connectivity index (χ4v) is 4.38. The Bertz CT molecular complexity index is 1020. The molecule has 1 atom stereocenters. The molecule has 30 heavy (non-hydrogen) atoms. The van der Waals surface area contributed by atoms with Crippen molar-refractivity contribution in [3.05, 3.63) is 59.1 Å². The number of nitrogens with zero attached hydrogens (tertiary/aromatic N) is 1. The minimum atomic E-state index is -0.150. The Labute approximate surface area is 181 Å². The van der Waals surface area contributed by atoms with Crippen molar-refractivity contribution in [2.24, 2.45) is 11.3 Å². The Morgan fingerprint density at radius 3 is 2.57 bits per heavy atom. The molecule has 4 rings (SSSR count). The summed E-state index contributed by atoms with van der Waals surface area (Å²) in [5.74, 6) is 6.07. The number of rotatable bonds is 3. The zero-order valence-corrected chi connectivity index (χ0v) is 17.5. The Balaban J connectivity index is 1.30. The number of likely N-dealkylation sites (tertiary alicyclic amines) is 1. The van der Waals surface area contributed by atoms with Gasteiger partial charge < -0.3 is 15.0 Å². The number of halogens is 1. The molecule has 6 heteroatoms. The lowest BCUT2D eigenvalue weighted by atomic mass is 9.90. The van der Waals surface area contributed by atoms with Crippen molar-refractivity contribution in [3.63, 3.8) is 0 Å². The van der Waals surface area contributed by atoms with Gasteiger partial charge in [-0.25, -0.2) is 0 Å². The van der Waals surface area contributed by atoms with E-state index in [1.165, 1.54) is 0 Å². The van der Waals surface area contributed by atoms with Gasteiger partial charge in [0.1, 0.15) is 5.75 Å².